The smallest absolute Gasteiger partial charge is 0.282 e. The summed E-state index contributed by atoms with van der Waals surface area (Å²) in [6.07, 6.45) is 4.09. The van der Waals surface area contributed by atoms with E-state index in [1.807, 2.05) is 0 Å². The molecule has 0 unspecified atom stereocenters. The molecule has 1 aromatic rings. The zero-order valence-electron chi connectivity index (χ0n) is 14.7. The van der Waals surface area contributed by atoms with Gasteiger partial charge in [-0.3, -0.25) is 4.79 Å². The average Bonchev–Trinajstić information content (AvgIpc) is 2.54. The number of anilines is 3. The van der Waals surface area contributed by atoms with Crippen molar-refractivity contribution in [3.63, 3.8) is 0 Å². The number of hydrogen-bond acceptors (Lipinski definition) is 4. The maximum Gasteiger partial charge on any atom is 0.282 e. The lowest BCUT2D eigenvalue weighted by atomic mass is 9.87. The van der Waals surface area contributed by atoms with E-state index in [-0.39, 0.29) is 25.0 Å². The summed E-state index contributed by atoms with van der Waals surface area (Å²) in [4.78, 5) is 14.3. The molecule has 1 saturated heterocycles. The van der Waals surface area contributed by atoms with Crippen LogP contribution in [0.5, 0.6) is 0 Å². The van der Waals surface area contributed by atoms with Crippen molar-refractivity contribution in [2.24, 2.45) is 5.92 Å². The number of benzene rings is 1. The highest BCUT2D eigenvalue weighted by molar-refractivity contribution is 6.02. The standard InChI is InChI=1S/C18H26F2N4O/c1-11-3-5-12(6-4-11)23-17(25)13-7-14(21)15(22-2)8-16(13)24-9-18(19,20)10-24/h7-8,11-12,22H,3-6,9-10,21H2,1-2H3,(H,23,25)/t11-,12-. The fourth-order valence-corrected chi connectivity index (χ4v) is 3.62. The monoisotopic (exact) mass is 352 g/mol. The number of nitrogens with two attached hydrogens (primary N) is 1. The molecule has 25 heavy (non-hydrogen) atoms. The Hall–Kier alpha value is -2.05. The lowest BCUT2D eigenvalue weighted by Crippen LogP contribution is -2.57. The van der Waals surface area contributed by atoms with Crippen LogP contribution in [0.1, 0.15) is 43.0 Å². The number of carbonyl (C=O) groups is 1. The van der Waals surface area contributed by atoms with Crippen LogP contribution in [0, 0.1) is 5.92 Å². The first kappa shape index (κ1) is 17.8. The molecule has 0 bridgehead atoms. The van der Waals surface area contributed by atoms with Gasteiger partial charge in [-0.05, 0) is 43.7 Å². The van der Waals surface area contributed by atoms with Gasteiger partial charge in [0.25, 0.3) is 11.8 Å². The number of nitrogens with zero attached hydrogens (tertiary/aromatic N) is 1. The van der Waals surface area contributed by atoms with Crippen LogP contribution in [0.2, 0.25) is 0 Å². The maximum absolute atomic E-state index is 13.3. The molecular weight excluding hydrogens is 326 g/mol. The Bertz CT molecular complexity index is 649. The third-order valence-corrected chi connectivity index (χ3v) is 5.22. The number of nitrogens with one attached hydrogen (secondary N) is 2. The molecule has 0 aromatic heterocycles. The highest BCUT2D eigenvalue weighted by Crippen LogP contribution is 2.37. The van der Waals surface area contributed by atoms with Gasteiger partial charge in [0.1, 0.15) is 0 Å². The van der Waals surface area contributed by atoms with Gasteiger partial charge >= 0.3 is 0 Å². The van der Waals surface area contributed by atoms with E-state index in [9.17, 15) is 13.6 Å². The summed E-state index contributed by atoms with van der Waals surface area (Å²) >= 11 is 0. The molecule has 1 heterocycles. The fourth-order valence-electron chi connectivity index (χ4n) is 3.62. The zero-order valence-corrected chi connectivity index (χ0v) is 14.7. The van der Waals surface area contributed by atoms with E-state index in [0.717, 1.165) is 25.7 Å². The Balaban J connectivity index is 1.81. The molecule has 138 valence electrons. The number of halogens is 2. The summed E-state index contributed by atoms with van der Waals surface area (Å²) in [5, 5.41) is 6.00. The van der Waals surface area contributed by atoms with Crippen molar-refractivity contribution >= 4 is 23.0 Å². The molecular formula is C18H26F2N4O. The molecule has 1 aliphatic heterocycles. The van der Waals surface area contributed by atoms with E-state index in [4.69, 9.17) is 5.73 Å². The first-order chi connectivity index (χ1) is 11.8. The summed E-state index contributed by atoms with van der Waals surface area (Å²) in [5.41, 5.74) is 7.93. The maximum atomic E-state index is 13.3. The molecule has 1 aliphatic carbocycles. The van der Waals surface area contributed by atoms with Crippen LogP contribution < -0.4 is 21.3 Å². The van der Waals surface area contributed by atoms with Crippen molar-refractivity contribution in [3.05, 3.63) is 17.7 Å². The van der Waals surface area contributed by atoms with Gasteiger partial charge in [0, 0.05) is 13.1 Å². The van der Waals surface area contributed by atoms with Crippen LogP contribution in [0.25, 0.3) is 0 Å². The number of hydrogen-bond donors (Lipinski definition) is 3. The number of rotatable bonds is 4. The van der Waals surface area contributed by atoms with Gasteiger partial charge in [0.2, 0.25) is 0 Å². The summed E-state index contributed by atoms with van der Waals surface area (Å²) in [6.45, 7) is 1.47. The Kier molecular flexibility index (Phi) is 4.75. The average molecular weight is 352 g/mol. The molecule has 5 nitrogen and oxygen atoms in total. The molecule has 2 aliphatic rings. The van der Waals surface area contributed by atoms with Crippen LogP contribution in [0.3, 0.4) is 0 Å². The van der Waals surface area contributed by atoms with Crippen LogP contribution >= 0.6 is 0 Å². The second kappa shape index (κ2) is 6.69. The van der Waals surface area contributed by atoms with Crippen molar-refractivity contribution < 1.29 is 13.6 Å². The molecule has 0 spiro atoms. The van der Waals surface area contributed by atoms with Crippen LogP contribution in [-0.4, -0.2) is 38.0 Å². The van der Waals surface area contributed by atoms with E-state index in [0.29, 0.717) is 28.5 Å². The molecule has 1 amide bonds. The Morgan fingerprint density at radius 2 is 1.88 bits per heavy atom. The molecule has 7 heteroatoms. The molecule has 1 saturated carbocycles. The van der Waals surface area contributed by atoms with Gasteiger partial charge in [0.05, 0.1) is 35.7 Å². The van der Waals surface area contributed by atoms with Gasteiger partial charge in [-0.1, -0.05) is 6.92 Å². The number of amides is 1. The van der Waals surface area contributed by atoms with E-state index in [1.165, 1.54) is 4.90 Å². The minimum Gasteiger partial charge on any atom is -0.397 e. The third kappa shape index (κ3) is 3.80. The van der Waals surface area contributed by atoms with Gasteiger partial charge in [-0.15, -0.1) is 0 Å². The Morgan fingerprint density at radius 3 is 2.44 bits per heavy atom. The largest absolute Gasteiger partial charge is 0.397 e. The molecule has 2 fully saturated rings. The normalized spacial score (nSPS) is 25.2. The summed E-state index contributed by atoms with van der Waals surface area (Å²) in [5.74, 6) is -2.24. The first-order valence-corrected chi connectivity index (χ1v) is 8.84. The number of alkyl halides is 2. The van der Waals surface area contributed by atoms with Crippen LogP contribution in [-0.2, 0) is 0 Å². The van der Waals surface area contributed by atoms with Crippen LogP contribution in [0.15, 0.2) is 12.1 Å². The quantitative estimate of drug-likeness (QED) is 0.729. The van der Waals surface area contributed by atoms with E-state index in [1.54, 1.807) is 19.2 Å². The third-order valence-electron chi connectivity index (χ3n) is 5.22. The predicted molar refractivity (Wildman–Crippen MR) is 96.4 cm³/mol. The van der Waals surface area contributed by atoms with E-state index in [2.05, 4.69) is 17.6 Å². The fraction of sp³-hybridized carbons (Fsp3) is 0.611. The second-order valence-corrected chi connectivity index (χ2v) is 7.35. The van der Waals surface area contributed by atoms with Crippen LogP contribution in [0.4, 0.5) is 25.8 Å². The van der Waals surface area contributed by atoms with Crippen molar-refractivity contribution in [2.45, 2.75) is 44.6 Å². The minimum atomic E-state index is -2.70. The lowest BCUT2D eigenvalue weighted by molar-refractivity contribution is -0.0263. The molecule has 1 aromatic carbocycles. The second-order valence-electron chi connectivity index (χ2n) is 7.35. The summed E-state index contributed by atoms with van der Waals surface area (Å²) in [6, 6.07) is 3.40. The number of nitrogen functional groups attached to an aromatic ring is 1. The predicted octanol–water partition coefficient (Wildman–Crippen LogP) is 3.07. The Morgan fingerprint density at radius 1 is 1.24 bits per heavy atom. The molecule has 3 rings (SSSR count). The summed E-state index contributed by atoms with van der Waals surface area (Å²) < 4.78 is 26.6. The van der Waals surface area contributed by atoms with Gasteiger partial charge in [0.15, 0.2) is 0 Å². The van der Waals surface area contributed by atoms with Crippen molar-refractivity contribution in [1.29, 1.82) is 0 Å². The van der Waals surface area contributed by atoms with Gasteiger partial charge in [-0.25, -0.2) is 8.78 Å². The van der Waals surface area contributed by atoms with Crippen molar-refractivity contribution in [1.82, 2.24) is 5.32 Å². The molecule has 4 N–H and O–H groups in total. The molecule has 0 atom stereocenters. The topological polar surface area (TPSA) is 70.4 Å². The lowest BCUT2D eigenvalue weighted by Gasteiger charge is -2.41. The van der Waals surface area contributed by atoms with Crippen molar-refractivity contribution in [3.8, 4) is 0 Å². The first-order valence-electron chi connectivity index (χ1n) is 8.84. The van der Waals surface area contributed by atoms with Crippen molar-refractivity contribution in [2.75, 3.05) is 36.1 Å². The molecule has 0 radical (unpaired) electrons. The summed E-state index contributed by atoms with van der Waals surface area (Å²) in [7, 11) is 1.71. The van der Waals surface area contributed by atoms with E-state index < -0.39 is 5.92 Å². The highest BCUT2D eigenvalue weighted by Gasteiger charge is 2.45. The van der Waals surface area contributed by atoms with E-state index >= 15 is 0 Å². The number of carbonyl (C=O) groups excluding carboxylic acids is 1. The zero-order chi connectivity index (χ0) is 18.2. The van der Waals surface area contributed by atoms with Gasteiger partial charge in [-0.2, -0.15) is 0 Å². The highest BCUT2D eigenvalue weighted by atomic mass is 19.3. The minimum absolute atomic E-state index is 0.139. The van der Waals surface area contributed by atoms with Gasteiger partial charge < -0.3 is 21.3 Å². The SMILES string of the molecule is CNc1cc(N2CC(F)(F)C2)c(C(=O)N[C@H]2CC[C@H](C)CC2)cc1N. The Labute approximate surface area is 146 Å².